The molecule has 0 atom stereocenters. The number of carbonyl (C=O) groups excluding carboxylic acids is 1. The Kier molecular flexibility index (Phi) is 3.57. The number of nitrogens with one attached hydrogen (secondary N) is 2. The summed E-state index contributed by atoms with van der Waals surface area (Å²) in [6, 6.07) is 5.42. The normalized spacial score (nSPS) is 14.7. The van der Waals surface area contributed by atoms with Gasteiger partial charge in [0.15, 0.2) is 5.69 Å². The molecule has 0 spiro atoms. The van der Waals surface area contributed by atoms with Crippen LogP contribution in [0.15, 0.2) is 24.4 Å². The maximum absolute atomic E-state index is 12.2. The highest BCUT2D eigenvalue weighted by molar-refractivity contribution is 6.03. The Morgan fingerprint density at radius 1 is 1.52 bits per heavy atom. The summed E-state index contributed by atoms with van der Waals surface area (Å²) in [6.07, 6.45) is 2.45. The van der Waals surface area contributed by atoms with E-state index < -0.39 is 0 Å². The maximum Gasteiger partial charge on any atom is 0.277 e. The number of aromatic hydroxyl groups is 1. The first-order chi connectivity index (χ1) is 10.2. The molecule has 1 saturated heterocycles. The van der Waals surface area contributed by atoms with E-state index in [1.807, 2.05) is 13.0 Å². The second-order valence-corrected chi connectivity index (χ2v) is 5.06. The van der Waals surface area contributed by atoms with Gasteiger partial charge in [0.1, 0.15) is 5.75 Å². The van der Waals surface area contributed by atoms with Gasteiger partial charge in [0.25, 0.3) is 5.91 Å². The highest BCUT2D eigenvalue weighted by Crippen LogP contribution is 2.25. The van der Waals surface area contributed by atoms with Crippen molar-refractivity contribution in [1.82, 2.24) is 20.3 Å². The molecule has 7 heteroatoms. The van der Waals surface area contributed by atoms with Gasteiger partial charge in [-0.25, -0.2) is 4.68 Å². The molecule has 1 fully saturated rings. The van der Waals surface area contributed by atoms with Gasteiger partial charge in [-0.2, -0.15) is 0 Å². The number of hydrogen-bond acceptors (Lipinski definition) is 5. The molecule has 7 nitrogen and oxygen atoms in total. The first-order valence-electron chi connectivity index (χ1n) is 6.93. The molecule has 1 aliphatic heterocycles. The predicted octanol–water partition coefficient (Wildman–Crippen LogP) is 0.943. The van der Waals surface area contributed by atoms with Gasteiger partial charge < -0.3 is 15.7 Å². The minimum atomic E-state index is -0.378. The van der Waals surface area contributed by atoms with E-state index in [-0.39, 0.29) is 23.4 Å². The summed E-state index contributed by atoms with van der Waals surface area (Å²) in [5.74, 6) is -0.340. The number of hydrogen-bond donors (Lipinski definition) is 3. The van der Waals surface area contributed by atoms with Crippen LogP contribution in [0.1, 0.15) is 29.0 Å². The zero-order valence-electron chi connectivity index (χ0n) is 11.7. The van der Waals surface area contributed by atoms with Crippen LogP contribution < -0.4 is 10.6 Å². The number of aryl methyl sites for hydroxylation is 1. The number of phenols is 1. The third-order valence-electron chi connectivity index (χ3n) is 3.59. The fourth-order valence-corrected chi connectivity index (χ4v) is 2.11. The number of carbonyl (C=O) groups is 1. The van der Waals surface area contributed by atoms with Crippen molar-refractivity contribution in [3.63, 3.8) is 0 Å². The van der Waals surface area contributed by atoms with Crippen molar-refractivity contribution in [1.29, 1.82) is 0 Å². The van der Waals surface area contributed by atoms with Crippen molar-refractivity contribution in [2.24, 2.45) is 0 Å². The quantitative estimate of drug-likeness (QED) is 0.728. The largest absolute Gasteiger partial charge is 0.506 e. The van der Waals surface area contributed by atoms with Crippen molar-refractivity contribution in [2.75, 3.05) is 18.4 Å². The van der Waals surface area contributed by atoms with E-state index in [1.165, 1.54) is 0 Å². The lowest BCUT2D eigenvalue weighted by Crippen LogP contribution is -2.43. The van der Waals surface area contributed by atoms with Crippen LogP contribution in [0.5, 0.6) is 5.75 Å². The van der Waals surface area contributed by atoms with Crippen LogP contribution in [0, 0.1) is 0 Å². The molecule has 0 saturated carbocycles. The molecule has 2 aromatic rings. The van der Waals surface area contributed by atoms with Gasteiger partial charge in [-0.15, -0.1) is 5.10 Å². The summed E-state index contributed by atoms with van der Waals surface area (Å²) in [6.45, 7) is 3.68. The smallest absolute Gasteiger partial charge is 0.277 e. The van der Waals surface area contributed by atoms with Crippen molar-refractivity contribution < 1.29 is 9.90 Å². The van der Waals surface area contributed by atoms with E-state index in [1.54, 1.807) is 23.0 Å². The van der Waals surface area contributed by atoms with Gasteiger partial charge in [0.2, 0.25) is 0 Å². The number of benzene rings is 1. The zero-order valence-corrected chi connectivity index (χ0v) is 11.7. The van der Waals surface area contributed by atoms with Crippen molar-refractivity contribution >= 4 is 11.6 Å². The van der Waals surface area contributed by atoms with Gasteiger partial charge in [-0.1, -0.05) is 18.2 Å². The Morgan fingerprint density at radius 2 is 2.33 bits per heavy atom. The number of amides is 1. The predicted molar refractivity (Wildman–Crippen MR) is 77.4 cm³/mol. The maximum atomic E-state index is 12.2. The van der Waals surface area contributed by atoms with Crippen molar-refractivity contribution in [2.45, 2.75) is 19.4 Å². The summed E-state index contributed by atoms with van der Waals surface area (Å²) in [7, 11) is 0. The van der Waals surface area contributed by atoms with Crippen molar-refractivity contribution in [3.05, 3.63) is 35.7 Å². The average molecular weight is 287 g/mol. The Labute approximate surface area is 122 Å². The summed E-state index contributed by atoms with van der Waals surface area (Å²) in [5.41, 5.74) is 1.66. The molecule has 3 N–H and O–H groups in total. The second-order valence-electron chi connectivity index (χ2n) is 5.06. The number of aromatic nitrogens is 3. The van der Waals surface area contributed by atoms with E-state index in [0.717, 1.165) is 25.1 Å². The summed E-state index contributed by atoms with van der Waals surface area (Å²) >= 11 is 0. The third kappa shape index (κ3) is 2.73. The van der Waals surface area contributed by atoms with Gasteiger partial charge in [-0.05, 0) is 24.1 Å². The number of nitrogens with zero attached hydrogens (tertiary/aromatic N) is 3. The fraction of sp³-hybridized carbons (Fsp3) is 0.357. The molecule has 21 heavy (non-hydrogen) atoms. The monoisotopic (exact) mass is 287 g/mol. The van der Waals surface area contributed by atoms with Crippen LogP contribution in [0.4, 0.5) is 5.69 Å². The molecular formula is C14H17N5O2. The minimum absolute atomic E-state index is 0.0381. The first-order valence-corrected chi connectivity index (χ1v) is 6.93. The van der Waals surface area contributed by atoms with Gasteiger partial charge in [-0.3, -0.25) is 4.79 Å². The van der Waals surface area contributed by atoms with E-state index in [4.69, 9.17) is 0 Å². The van der Waals surface area contributed by atoms with Crippen LogP contribution >= 0.6 is 0 Å². The van der Waals surface area contributed by atoms with Gasteiger partial charge >= 0.3 is 0 Å². The minimum Gasteiger partial charge on any atom is -0.506 e. The molecule has 0 radical (unpaired) electrons. The molecular weight excluding hydrogens is 270 g/mol. The van der Waals surface area contributed by atoms with Gasteiger partial charge in [0, 0.05) is 13.1 Å². The molecule has 3 rings (SSSR count). The second kappa shape index (κ2) is 5.53. The Balaban J connectivity index is 1.75. The molecule has 1 aromatic heterocycles. The molecule has 0 aliphatic carbocycles. The van der Waals surface area contributed by atoms with Crippen molar-refractivity contribution in [3.8, 4) is 5.75 Å². The topological polar surface area (TPSA) is 92.1 Å². The summed E-state index contributed by atoms with van der Waals surface area (Å²) in [4.78, 5) is 12.2. The molecule has 0 bridgehead atoms. The highest BCUT2D eigenvalue weighted by Gasteiger charge is 2.22. The number of rotatable bonds is 4. The molecule has 2 heterocycles. The third-order valence-corrected chi connectivity index (χ3v) is 3.59. The van der Waals surface area contributed by atoms with Crippen LogP contribution in [0.2, 0.25) is 0 Å². The Hall–Kier alpha value is -2.41. The summed E-state index contributed by atoms with van der Waals surface area (Å²) in [5, 5.41) is 23.4. The number of phenolic OH excluding ortho intramolecular Hbond substituents is 1. The lowest BCUT2D eigenvalue weighted by atomic mass is 10.1. The SMILES string of the molecule is CCc1ccc(O)c(NC(=O)c2cn(C3CNC3)nn2)c1. The molecule has 1 aliphatic rings. The van der Waals surface area contributed by atoms with Crippen LogP contribution in [0.3, 0.4) is 0 Å². The lowest BCUT2D eigenvalue weighted by molar-refractivity contribution is 0.102. The van der Waals surface area contributed by atoms with Crippen LogP contribution in [0.25, 0.3) is 0 Å². The Morgan fingerprint density at radius 3 is 3.00 bits per heavy atom. The standard InChI is InChI=1S/C14H17N5O2/c1-2-9-3-4-13(20)11(5-9)16-14(21)12-8-19(18-17-12)10-6-15-7-10/h3-5,8,10,15,20H,2,6-7H2,1H3,(H,16,21). The fourth-order valence-electron chi connectivity index (χ4n) is 2.11. The van der Waals surface area contributed by atoms with E-state index in [2.05, 4.69) is 20.9 Å². The van der Waals surface area contributed by atoms with E-state index in [0.29, 0.717) is 5.69 Å². The molecule has 110 valence electrons. The van der Waals surface area contributed by atoms with Crippen LogP contribution in [-0.2, 0) is 6.42 Å². The number of anilines is 1. The molecule has 1 amide bonds. The van der Waals surface area contributed by atoms with E-state index in [9.17, 15) is 9.90 Å². The highest BCUT2D eigenvalue weighted by atomic mass is 16.3. The zero-order chi connectivity index (χ0) is 14.8. The van der Waals surface area contributed by atoms with E-state index >= 15 is 0 Å². The average Bonchev–Trinajstić information content (AvgIpc) is 2.88. The Bertz CT molecular complexity index is 663. The summed E-state index contributed by atoms with van der Waals surface area (Å²) < 4.78 is 1.69. The van der Waals surface area contributed by atoms with Crippen LogP contribution in [-0.4, -0.2) is 39.1 Å². The first kappa shape index (κ1) is 13.6. The molecule has 1 aromatic carbocycles. The molecule has 0 unspecified atom stereocenters. The lowest BCUT2D eigenvalue weighted by Gasteiger charge is -2.26. The van der Waals surface area contributed by atoms with Gasteiger partial charge in [0.05, 0.1) is 17.9 Å².